The van der Waals surface area contributed by atoms with E-state index in [1.807, 2.05) is 31.2 Å². The predicted octanol–water partition coefficient (Wildman–Crippen LogP) is 0.505. The predicted molar refractivity (Wildman–Crippen MR) is 85.3 cm³/mol. The first-order chi connectivity index (χ1) is 10.5. The molecule has 0 fully saturated rings. The normalized spacial score (nSPS) is 10.6. The van der Waals surface area contributed by atoms with Crippen LogP contribution >= 0.6 is 0 Å². The first-order valence-corrected chi connectivity index (χ1v) is 7.09. The van der Waals surface area contributed by atoms with Crippen molar-refractivity contribution in [2.45, 2.75) is 26.4 Å². The van der Waals surface area contributed by atoms with Gasteiger partial charge >= 0.3 is 17.1 Å². The lowest BCUT2D eigenvalue weighted by atomic mass is 10.1. The highest BCUT2D eigenvalue weighted by Crippen LogP contribution is 2.09. The summed E-state index contributed by atoms with van der Waals surface area (Å²) in [6, 6.07) is 7.63. The van der Waals surface area contributed by atoms with Crippen LogP contribution in [0.25, 0.3) is 0 Å². The van der Waals surface area contributed by atoms with E-state index in [0.29, 0.717) is 0 Å². The number of allylic oxidation sites excluding steroid dienone is 1. The van der Waals surface area contributed by atoms with E-state index in [1.54, 1.807) is 0 Å². The average Bonchev–Trinajstić information content (AvgIpc) is 2.54. The number of hydrogen-bond acceptors (Lipinski definition) is 3. The van der Waals surface area contributed by atoms with Gasteiger partial charge in [0.1, 0.15) is 0 Å². The molecule has 0 radical (unpaired) electrons. The Labute approximate surface area is 127 Å². The maximum absolute atomic E-state index is 12.4. The zero-order valence-electron chi connectivity index (χ0n) is 12.8. The van der Waals surface area contributed by atoms with E-state index >= 15 is 0 Å². The monoisotopic (exact) mass is 301 g/mol. The first-order valence-electron chi connectivity index (χ1n) is 7.09. The Morgan fingerprint density at radius 3 is 2.18 bits per heavy atom. The van der Waals surface area contributed by atoms with E-state index < -0.39 is 17.1 Å². The van der Waals surface area contributed by atoms with Crippen molar-refractivity contribution in [1.82, 2.24) is 13.7 Å². The van der Waals surface area contributed by atoms with Crippen LogP contribution in [0.1, 0.15) is 18.1 Å². The third-order valence-electron chi connectivity index (χ3n) is 3.64. The van der Waals surface area contributed by atoms with Gasteiger partial charge in [0, 0.05) is 7.05 Å². The summed E-state index contributed by atoms with van der Waals surface area (Å²) in [6.45, 7) is 5.76. The molecule has 22 heavy (non-hydrogen) atoms. The van der Waals surface area contributed by atoms with E-state index in [4.69, 9.17) is 0 Å². The SMILES string of the molecule is C=CCn1c(=O)n(C)c(=O)n(Cc2ccccc2CC)c1=O. The number of benzene rings is 1. The van der Waals surface area contributed by atoms with Gasteiger partial charge in [0.05, 0.1) is 13.1 Å². The third kappa shape index (κ3) is 2.72. The smallest absolute Gasteiger partial charge is 0.248 e. The second-order valence-corrected chi connectivity index (χ2v) is 5.01. The summed E-state index contributed by atoms with van der Waals surface area (Å²) in [5, 5.41) is 0. The molecule has 0 saturated carbocycles. The average molecular weight is 301 g/mol. The highest BCUT2D eigenvalue weighted by atomic mass is 16.2. The molecule has 2 rings (SSSR count). The Kier molecular flexibility index (Phi) is 4.60. The van der Waals surface area contributed by atoms with Crippen LogP contribution in [0.5, 0.6) is 0 Å². The molecule has 116 valence electrons. The minimum Gasteiger partial charge on any atom is -0.248 e. The molecule has 1 heterocycles. The molecule has 1 aromatic heterocycles. The van der Waals surface area contributed by atoms with Crippen molar-refractivity contribution in [3.63, 3.8) is 0 Å². The molecule has 0 amide bonds. The van der Waals surface area contributed by atoms with Crippen LogP contribution in [-0.4, -0.2) is 13.7 Å². The summed E-state index contributed by atoms with van der Waals surface area (Å²) in [7, 11) is 1.37. The van der Waals surface area contributed by atoms with Crippen molar-refractivity contribution in [2.24, 2.45) is 7.05 Å². The highest BCUT2D eigenvalue weighted by molar-refractivity contribution is 5.27. The van der Waals surface area contributed by atoms with Crippen molar-refractivity contribution in [3.05, 3.63) is 79.5 Å². The molecule has 0 N–H and O–H groups in total. The molecule has 0 saturated heterocycles. The molecule has 0 spiro atoms. The topological polar surface area (TPSA) is 66.0 Å². The van der Waals surface area contributed by atoms with Gasteiger partial charge < -0.3 is 0 Å². The first kappa shape index (κ1) is 15.8. The van der Waals surface area contributed by atoms with Gasteiger partial charge in [-0.1, -0.05) is 37.3 Å². The van der Waals surface area contributed by atoms with E-state index in [0.717, 1.165) is 31.2 Å². The minimum atomic E-state index is -0.630. The zero-order valence-corrected chi connectivity index (χ0v) is 12.8. The number of aryl methyl sites for hydroxylation is 1. The van der Waals surface area contributed by atoms with Gasteiger partial charge in [-0.05, 0) is 17.5 Å². The Morgan fingerprint density at radius 1 is 1.00 bits per heavy atom. The molecular formula is C16H19N3O3. The summed E-state index contributed by atoms with van der Waals surface area (Å²) < 4.78 is 3.03. The number of hydrogen-bond donors (Lipinski definition) is 0. The molecule has 2 aromatic rings. The summed E-state index contributed by atoms with van der Waals surface area (Å²) in [5.41, 5.74) is 0.112. The summed E-state index contributed by atoms with van der Waals surface area (Å²) in [4.78, 5) is 36.7. The standard InChI is InChI=1S/C16H19N3O3/c1-4-10-18-14(20)17(3)15(21)19(16(18)22)11-13-9-7-6-8-12(13)5-2/h4,6-9H,1,5,10-11H2,2-3H3. The number of aromatic nitrogens is 3. The maximum atomic E-state index is 12.4. The fourth-order valence-electron chi connectivity index (χ4n) is 2.40. The van der Waals surface area contributed by atoms with Crippen molar-refractivity contribution in [3.8, 4) is 0 Å². The molecule has 6 heteroatoms. The van der Waals surface area contributed by atoms with Crippen molar-refractivity contribution < 1.29 is 0 Å². The van der Waals surface area contributed by atoms with Gasteiger partial charge in [-0.3, -0.25) is 0 Å². The van der Waals surface area contributed by atoms with Crippen LogP contribution in [0.15, 0.2) is 51.3 Å². The molecular weight excluding hydrogens is 282 g/mol. The fourth-order valence-corrected chi connectivity index (χ4v) is 2.40. The fraction of sp³-hybridized carbons (Fsp3) is 0.312. The second-order valence-electron chi connectivity index (χ2n) is 5.01. The van der Waals surface area contributed by atoms with E-state index in [2.05, 4.69) is 6.58 Å². The lowest BCUT2D eigenvalue weighted by Gasteiger charge is -2.12. The molecule has 0 aliphatic heterocycles. The van der Waals surface area contributed by atoms with Crippen molar-refractivity contribution >= 4 is 0 Å². The quantitative estimate of drug-likeness (QED) is 0.756. The van der Waals surface area contributed by atoms with Crippen molar-refractivity contribution in [2.75, 3.05) is 0 Å². The summed E-state index contributed by atoms with van der Waals surface area (Å²) >= 11 is 0. The van der Waals surface area contributed by atoms with Crippen LogP contribution in [-0.2, 0) is 26.6 Å². The largest absolute Gasteiger partial charge is 0.336 e. The van der Waals surface area contributed by atoms with Gasteiger partial charge in [0.2, 0.25) is 0 Å². The van der Waals surface area contributed by atoms with E-state index in [9.17, 15) is 14.4 Å². The zero-order chi connectivity index (χ0) is 16.3. The summed E-state index contributed by atoms with van der Waals surface area (Å²) in [6.07, 6.45) is 2.26. The Bertz CT molecular complexity index is 871. The third-order valence-corrected chi connectivity index (χ3v) is 3.64. The maximum Gasteiger partial charge on any atom is 0.336 e. The number of rotatable bonds is 5. The van der Waals surface area contributed by atoms with Crippen LogP contribution < -0.4 is 17.1 Å². The Hall–Kier alpha value is -2.63. The molecule has 0 aliphatic rings. The molecule has 6 nitrogen and oxygen atoms in total. The molecule has 0 aliphatic carbocycles. The molecule has 0 bridgehead atoms. The van der Waals surface area contributed by atoms with Gasteiger partial charge in [-0.15, -0.1) is 6.58 Å². The minimum absolute atomic E-state index is 0.0706. The van der Waals surface area contributed by atoms with Crippen molar-refractivity contribution in [1.29, 1.82) is 0 Å². The Balaban J connectivity index is 2.66. The van der Waals surface area contributed by atoms with E-state index in [1.165, 1.54) is 13.1 Å². The van der Waals surface area contributed by atoms with Gasteiger partial charge in [0.25, 0.3) is 0 Å². The van der Waals surface area contributed by atoms with Crippen LogP contribution in [0.3, 0.4) is 0 Å². The van der Waals surface area contributed by atoms with E-state index in [-0.39, 0.29) is 13.1 Å². The van der Waals surface area contributed by atoms with Crippen LogP contribution in [0.4, 0.5) is 0 Å². The molecule has 1 aromatic carbocycles. The summed E-state index contributed by atoms with van der Waals surface area (Å²) in [5.74, 6) is 0. The second kappa shape index (κ2) is 6.43. The highest BCUT2D eigenvalue weighted by Gasteiger charge is 2.13. The van der Waals surface area contributed by atoms with Crippen LogP contribution in [0.2, 0.25) is 0 Å². The lowest BCUT2D eigenvalue weighted by Crippen LogP contribution is -2.53. The van der Waals surface area contributed by atoms with Gasteiger partial charge in [0.15, 0.2) is 0 Å². The molecule has 0 unspecified atom stereocenters. The van der Waals surface area contributed by atoms with Gasteiger partial charge in [-0.25, -0.2) is 28.1 Å². The Morgan fingerprint density at radius 2 is 1.59 bits per heavy atom. The lowest BCUT2D eigenvalue weighted by molar-refractivity contribution is 0.511. The molecule has 0 atom stereocenters. The van der Waals surface area contributed by atoms with Crippen LogP contribution in [0, 0.1) is 0 Å². The number of nitrogens with zero attached hydrogens (tertiary/aromatic N) is 3. The van der Waals surface area contributed by atoms with Gasteiger partial charge in [-0.2, -0.15) is 0 Å².